The third-order valence-electron chi connectivity index (χ3n) is 8.43. The third-order valence-corrected chi connectivity index (χ3v) is 9.40. The van der Waals surface area contributed by atoms with Crippen molar-refractivity contribution in [3.8, 4) is 0 Å². The Balaban J connectivity index is 1.36. The lowest BCUT2D eigenvalue weighted by molar-refractivity contribution is -0.275. The minimum Gasteiger partial charge on any atom is -0.374 e. The molecular formula is C41H40BrClO5. The van der Waals surface area contributed by atoms with Crippen LogP contribution < -0.4 is 0 Å². The van der Waals surface area contributed by atoms with E-state index in [1.54, 1.807) is 0 Å². The van der Waals surface area contributed by atoms with Gasteiger partial charge in [-0.1, -0.05) is 161 Å². The van der Waals surface area contributed by atoms with E-state index in [4.69, 9.17) is 35.3 Å². The van der Waals surface area contributed by atoms with Gasteiger partial charge in [-0.15, -0.1) is 0 Å². The lowest BCUT2D eigenvalue weighted by Crippen LogP contribution is -2.58. The Morgan fingerprint density at radius 2 is 1.00 bits per heavy atom. The first-order valence-corrected chi connectivity index (χ1v) is 17.8. The highest BCUT2D eigenvalue weighted by Crippen LogP contribution is 2.39. The van der Waals surface area contributed by atoms with Crippen LogP contribution in [0.25, 0.3) is 0 Å². The molecule has 5 atom stereocenters. The van der Waals surface area contributed by atoms with E-state index in [0.717, 1.165) is 33.4 Å². The Hall–Kier alpha value is -3.33. The maximum atomic E-state index is 7.02. The van der Waals surface area contributed by atoms with Gasteiger partial charge in [-0.3, -0.25) is 0 Å². The van der Waals surface area contributed by atoms with Crippen molar-refractivity contribution in [1.82, 2.24) is 0 Å². The number of alkyl halides is 1. The number of halogens is 2. The zero-order valence-corrected chi connectivity index (χ0v) is 29.0. The van der Waals surface area contributed by atoms with Crippen molar-refractivity contribution in [2.75, 3.05) is 6.61 Å². The van der Waals surface area contributed by atoms with Gasteiger partial charge in [0.25, 0.3) is 0 Å². The van der Waals surface area contributed by atoms with Crippen LogP contribution in [0.3, 0.4) is 0 Å². The molecule has 5 nitrogen and oxygen atoms in total. The zero-order valence-electron chi connectivity index (χ0n) is 26.7. The summed E-state index contributed by atoms with van der Waals surface area (Å²) in [6, 6.07) is 46.7. The average molecular weight is 728 g/mol. The average Bonchev–Trinajstić information content (AvgIpc) is 3.14. The highest BCUT2D eigenvalue weighted by atomic mass is 79.9. The van der Waals surface area contributed by atoms with Gasteiger partial charge in [-0.2, -0.15) is 0 Å². The summed E-state index contributed by atoms with van der Waals surface area (Å²) in [5.41, 5.74) is 6.20. The van der Waals surface area contributed by atoms with Crippen molar-refractivity contribution in [2.45, 2.75) is 62.3 Å². The van der Waals surface area contributed by atoms with Crippen LogP contribution in [-0.4, -0.2) is 31.0 Å². The summed E-state index contributed by atoms with van der Waals surface area (Å²) >= 11 is 10.2. The molecule has 1 aliphatic heterocycles. The summed E-state index contributed by atoms with van der Waals surface area (Å²) in [6.45, 7) is 1.92. The molecule has 7 heteroatoms. The molecule has 0 aromatic heterocycles. The second-order valence-electron chi connectivity index (χ2n) is 11.9. The monoisotopic (exact) mass is 726 g/mol. The lowest BCUT2D eigenvalue weighted by Gasteiger charge is -2.46. The van der Waals surface area contributed by atoms with E-state index < -0.39 is 30.5 Å². The number of ether oxygens (including phenoxy) is 5. The summed E-state index contributed by atoms with van der Waals surface area (Å²) < 4.78 is 33.8. The molecule has 1 aliphatic rings. The highest BCUT2D eigenvalue weighted by Gasteiger charge is 2.49. The van der Waals surface area contributed by atoms with Gasteiger partial charge < -0.3 is 23.7 Å². The van der Waals surface area contributed by atoms with Crippen LogP contribution >= 0.6 is 27.5 Å². The molecule has 5 aromatic carbocycles. The SMILES string of the molecule is Clc1ccc(C2OC(COCc3ccccc3)C(OCc3ccccc3)C(OCc3ccccc3)C2OCc2ccccc2)cc1CBr. The summed E-state index contributed by atoms with van der Waals surface area (Å²) in [6.07, 6.45) is -2.44. The fourth-order valence-corrected chi connectivity index (χ4v) is 6.74. The molecule has 0 bridgehead atoms. The standard InChI is InChI=1S/C41H40BrClO5/c42-24-35-23-34(21-22-36(35)43)38-40(46-27-32-17-9-3-10-18-32)41(47-28-33-19-11-4-12-20-33)39(45-26-31-15-7-2-8-16-31)37(48-38)29-44-25-30-13-5-1-6-14-30/h1-23,37-41H,24-29H2. The Bertz CT molecular complexity index is 1660. The molecule has 5 unspecified atom stereocenters. The molecule has 0 saturated carbocycles. The normalized spacial score (nSPS) is 20.8. The van der Waals surface area contributed by atoms with Crippen molar-refractivity contribution < 1.29 is 23.7 Å². The van der Waals surface area contributed by atoms with Crippen LogP contribution in [0, 0.1) is 0 Å². The van der Waals surface area contributed by atoms with Crippen LogP contribution in [0.5, 0.6) is 0 Å². The number of benzene rings is 5. The van der Waals surface area contributed by atoms with E-state index in [-0.39, 0.29) is 0 Å². The first-order valence-electron chi connectivity index (χ1n) is 16.3. The first-order chi connectivity index (χ1) is 23.7. The predicted molar refractivity (Wildman–Crippen MR) is 193 cm³/mol. The van der Waals surface area contributed by atoms with E-state index in [1.807, 2.05) is 84.9 Å². The Kier molecular flexibility index (Phi) is 12.9. The lowest BCUT2D eigenvalue weighted by atomic mass is 9.89. The maximum absolute atomic E-state index is 7.02. The summed E-state index contributed by atoms with van der Waals surface area (Å²) in [7, 11) is 0. The molecule has 0 aliphatic carbocycles. The smallest absolute Gasteiger partial charge is 0.117 e. The second kappa shape index (κ2) is 17.9. The Morgan fingerprint density at radius 1 is 0.542 bits per heavy atom. The fourth-order valence-electron chi connectivity index (χ4n) is 5.93. The number of rotatable bonds is 15. The number of hydrogen-bond acceptors (Lipinski definition) is 5. The highest BCUT2D eigenvalue weighted by molar-refractivity contribution is 9.08. The van der Waals surface area contributed by atoms with Crippen LogP contribution in [0.15, 0.2) is 140 Å². The van der Waals surface area contributed by atoms with Crippen LogP contribution in [0.4, 0.5) is 0 Å². The predicted octanol–water partition coefficient (Wildman–Crippen LogP) is 9.65. The molecule has 0 radical (unpaired) electrons. The summed E-state index contributed by atoms with van der Waals surface area (Å²) in [5.74, 6) is 0. The molecule has 1 saturated heterocycles. The largest absolute Gasteiger partial charge is 0.374 e. The molecular weight excluding hydrogens is 688 g/mol. The molecule has 1 fully saturated rings. The van der Waals surface area contributed by atoms with Gasteiger partial charge in [-0.05, 0) is 39.4 Å². The van der Waals surface area contributed by atoms with Crippen LogP contribution in [0.1, 0.15) is 39.5 Å². The molecule has 1 heterocycles. The van der Waals surface area contributed by atoms with Gasteiger partial charge in [0.15, 0.2) is 0 Å². The fraction of sp³-hybridized carbons (Fsp3) is 0.268. The van der Waals surface area contributed by atoms with Crippen molar-refractivity contribution >= 4 is 27.5 Å². The van der Waals surface area contributed by atoms with Gasteiger partial charge in [-0.25, -0.2) is 0 Å². The molecule has 0 amide bonds. The van der Waals surface area contributed by atoms with E-state index in [9.17, 15) is 0 Å². The molecule has 48 heavy (non-hydrogen) atoms. The Labute approximate surface area is 296 Å². The van der Waals surface area contributed by atoms with Crippen molar-refractivity contribution in [3.63, 3.8) is 0 Å². The van der Waals surface area contributed by atoms with Gasteiger partial charge in [0.05, 0.1) is 33.0 Å². The minimum absolute atomic E-state index is 0.306. The molecule has 248 valence electrons. The van der Waals surface area contributed by atoms with Gasteiger partial charge in [0.2, 0.25) is 0 Å². The number of hydrogen-bond donors (Lipinski definition) is 0. The Morgan fingerprint density at radius 3 is 1.50 bits per heavy atom. The van der Waals surface area contributed by atoms with E-state index in [2.05, 4.69) is 70.5 Å². The van der Waals surface area contributed by atoms with Gasteiger partial charge in [0.1, 0.15) is 30.5 Å². The van der Waals surface area contributed by atoms with Gasteiger partial charge >= 0.3 is 0 Å². The molecule has 0 N–H and O–H groups in total. The van der Waals surface area contributed by atoms with Crippen LogP contribution in [0.2, 0.25) is 5.02 Å². The van der Waals surface area contributed by atoms with Crippen molar-refractivity contribution in [1.29, 1.82) is 0 Å². The first kappa shape index (κ1) is 34.5. The third kappa shape index (κ3) is 9.42. The molecule has 6 rings (SSSR count). The van der Waals surface area contributed by atoms with Crippen molar-refractivity contribution in [3.05, 3.63) is 178 Å². The van der Waals surface area contributed by atoms with Crippen LogP contribution in [-0.2, 0) is 55.4 Å². The summed E-state index contributed by atoms with van der Waals surface area (Å²) in [5, 5.41) is 1.30. The maximum Gasteiger partial charge on any atom is 0.117 e. The van der Waals surface area contributed by atoms with Crippen molar-refractivity contribution in [2.24, 2.45) is 0 Å². The van der Waals surface area contributed by atoms with E-state index in [1.165, 1.54) is 0 Å². The second-order valence-corrected chi connectivity index (χ2v) is 12.8. The quantitative estimate of drug-likeness (QED) is 0.101. The van der Waals surface area contributed by atoms with E-state index in [0.29, 0.717) is 43.4 Å². The zero-order chi connectivity index (χ0) is 33.0. The van der Waals surface area contributed by atoms with Gasteiger partial charge in [0, 0.05) is 10.4 Å². The summed E-state index contributed by atoms with van der Waals surface area (Å²) in [4.78, 5) is 0. The minimum atomic E-state index is -0.510. The topological polar surface area (TPSA) is 46.2 Å². The molecule has 5 aromatic rings. The van der Waals surface area contributed by atoms with E-state index >= 15 is 0 Å². The molecule has 0 spiro atoms.